The summed E-state index contributed by atoms with van der Waals surface area (Å²) in [4.78, 5) is 63.1. The average Bonchev–Trinajstić information content (AvgIpc) is 2.96. The van der Waals surface area contributed by atoms with E-state index in [0.29, 0.717) is 18.7 Å². The summed E-state index contributed by atoms with van der Waals surface area (Å²) < 4.78 is 5.38. The normalized spacial score (nSPS) is 12.4. The Labute approximate surface area is 264 Å². The summed E-state index contributed by atoms with van der Waals surface area (Å²) in [7, 11) is 0. The number of nitrogens with one attached hydrogen (secondary N) is 3. The highest BCUT2D eigenvalue weighted by molar-refractivity contribution is 5.91. The molecule has 0 fully saturated rings. The van der Waals surface area contributed by atoms with Crippen LogP contribution in [0.15, 0.2) is 54.6 Å². The molecule has 2 aromatic carbocycles. The molecular weight excluding hydrogens is 580 g/mol. The zero-order chi connectivity index (χ0) is 33.4. The van der Waals surface area contributed by atoms with Crippen LogP contribution in [0.1, 0.15) is 64.5 Å². The zero-order valence-corrected chi connectivity index (χ0v) is 26.5. The van der Waals surface area contributed by atoms with Gasteiger partial charge in [-0.25, -0.2) is 4.79 Å². The Morgan fingerprint density at radius 2 is 1.42 bits per heavy atom. The lowest BCUT2D eigenvalue weighted by Gasteiger charge is -2.25. The summed E-state index contributed by atoms with van der Waals surface area (Å²) in [5, 5.41) is 26.7. The van der Waals surface area contributed by atoms with E-state index in [9.17, 15) is 24.0 Å². The number of anilines is 1. The van der Waals surface area contributed by atoms with E-state index in [1.807, 2.05) is 30.3 Å². The van der Waals surface area contributed by atoms with E-state index >= 15 is 0 Å². The Bertz CT molecular complexity index is 1250. The summed E-state index contributed by atoms with van der Waals surface area (Å²) in [6.07, 6.45) is 2.78. The zero-order valence-electron chi connectivity index (χ0n) is 26.5. The van der Waals surface area contributed by atoms with Gasteiger partial charge >= 0.3 is 18.0 Å². The second-order valence-electron chi connectivity index (χ2n) is 11.8. The van der Waals surface area contributed by atoms with Crippen LogP contribution in [0.2, 0.25) is 0 Å². The first-order chi connectivity index (χ1) is 21.3. The lowest BCUT2D eigenvalue weighted by Crippen LogP contribution is -2.55. The smallest absolute Gasteiger partial charge is 0.408 e. The highest BCUT2D eigenvalue weighted by atomic mass is 16.6. The topological polar surface area (TPSA) is 174 Å². The quantitative estimate of drug-likeness (QED) is 0.155. The minimum Gasteiger partial charge on any atom is -0.480 e. The molecule has 12 heteroatoms. The van der Waals surface area contributed by atoms with E-state index in [0.717, 1.165) is 30.4 Å². The second-order valence-corrected chi connectivity index (χ2v) is 11.8. The Morgan fingerprint density at radius 1 is 0.800 bits per heavy atom. The van der Waals surface area contributed by atoms with Gasteiger partial charge in [-0.05, 0) is 63.3 Å². The van der Waals surface area contributed by atoms with E-state index in [2.05, 4.69) is 22.9 Å². The number of carbonyl (C=O) groups is 5. The number of alkyl carbamates (subject to hydrolysis) is 1. The SMILES string of the molecule is CCCCCNC(=O)C(CCc1ccc(N(CC(=O)O)CC(=O)O)cc1)NC(=O)C(Cc1ccccc1)NC(=O)OC(C)(C)C. The monoisotopic (exact) mass is 626 g/mol. The average molecular weight is 627 g/mol. The molecule has 2 aromatic rings. The van der Waals surface area contributed by atoms with E-state index in [-0.39, 0.29) is 18.7 Å². The van der Waals surface area contributed by atoms with Gasteiger partial charge in [0.15, 0.2) is 0 Å². The fourth-order valence-corrected chi connectivity index (χ4v) is 4.51. The summed E-state index contributed by atoms with van der Waals surface area (Å²) in [6.45, 7) is 6.74. The standard InChI is InChI=1S/C33H46N4O8/c1-5-6-10-19-34-30(42)26(18-15-23-13-16-25(17-14-23)37(21-28(38)39)22-29(40)41)35-31(43)27(20-24-11-8-7-9-12-24)36-32(44)45-33(2,3)4/h7-9,11-14,16-17,26-27H,5-6,10,15,18-22H2,1-4H3,(H,34,42)(H,35,43)(H,36,44)(H,38,39)(H,40,41). The van der Waals surface area contributed by atoms with E-state index in [4.69, 9.17) is 14.9 Å². The van der Waals surface area contributed by atoms with Crippen LogP contribution in [0, 0.1) is 0 Å². The molecule has 0 aliphatic heterocycles. The molecule has 0 saturated carbocycles. The molecule has 12 nitrogen and oxygen atoms in total. The van der Waals surface area contributed by atoms with Gasteiger partial charge in [0.05, 0.1) is 0 Å². The first-order valence-electron chi connectivity index (χ1n) is 15.2. The van der Waals surface area contributed by atoms with Crippen LogP contribution in [-0.2, 0) is 36.8 Å². The molecule has 0 spiro atoms. The van der Waals surface area contributed by atoms with Crippen molar-refractivity contribution in [3.05, 3.63) is 65.7 Å². The van der Waals surface area contributed by atoms with Gasteiger partial charge < -0.3 is 35.8 Å². The number of carbonyl (C=O) groups excluding carboxylic acids is 3. The van der Waals surface area contributed by atoms with Crippen LogP contribution < -0.4 is 20.9 Å². The number of benzene rings is 2. The molecule has 0 heterocycles. The van der Waals surface area contributed by atoms with E-state index < -0.39 is 54.7 Å². The van der Waals surface area contributed by atoms with Crippen molar-refractivity contribution in [1.29, 1.82) is 0 Å². The molecule has 2 unspecified atom stereocenters. The maximum atomic E-state index is 13.6. The van der Waals surface area contributed by atoms with Crippen molar-refractivity contribution in [2.24, 2.45) is 0 Å². The van der Waals surface area contributed by atoms with Crippen molar-refractivity contribution in [3.8, 4) is 0 Å². The minimum absolute atomic E-state index is 0.182. The van der Waals surface area contributed by atoms with Crippen LogP contribution in [0.25, 0.3) is 0 Å². The highest BCUT2D eigenvalue weighted by Crippen LogP contribution is 2.17. The number of nitrogens with zero attached hydrogens (tertiary/aromatic N) is 1. The fourth-order valence-electron chi connectivity index (χ4n) is 4.51. The summed E-state index contributed by atoms with van der Waals surface area (Å²) in [6, 6.07) is 14.0. The van der Waals surface area contributed by atoms with Gasteiger partial charge in [0, 0.05) is 18.7 Å². The first-order valence-corrected chi connectivity index (χ1v) is 15.2. The van der Waals surface area contributed by atoms with Gasteiger partial charge in [-0.1, -0.05) is 62.2 Å². The Morgan fingerprint density at radius 3 is 1.98 bits per heavy atom. The van der Waals surface area contributed by atoms with Crippen molar-refractivity contribution in [3.63, 3.8) is 0 Å². The number of hydrogen-bond acceptors (Lipinski definition) is 7. The van der Waals surface area contributed by atoms with Crippen molar-refractivity contribution in [2.45, 2.75) is 83.9 Å². The Hall–Kier alpha value is -4.61. The molecule has 246 valence electrons. The van der Waals surface area contributed by atoms with Crippen LogP contribution in [0.5, 0.6) is 0 Å². The van der Waals surface area contributed by atoms with Crippen molar-refractivity contribution in [1.82, 2.24) is 16.0 Å². The number of aliphatic carboxylic acids is 2. The maximum absolute atomic E-state index is 13.6. The molecule has 0 aromatic heterocycles. The van der Waals surface area contributed by atoms with Gasteiger partial charge in [-0.15, -0.1) is 0 Å². The number of ether oxygens (including phenoxy) is 1. The molecule has 2 atom stereocenters. The van der Waals surface area contributed by atoms with Crippen molar-refractivity contribution in [2.75, 3.05) is 24.5 Å². The number of amides is 3. The molecule has 0 bridgehead atoms. The maximum Gasteiger partial charge on any atom is 0.408 e. The lowest BCUT2D eigenvalue weighted by atomic mass is 10.0. The fraction of sp³-hybridized carbons (Fsp3) is 0.485. The molecule has 0 radical (unpaired) electrons. The highest BCUT2D eigenvalue weighted by Gasteiger charge is 2.28. The van der Waals surface area contributed by atoms with E-state index in [1.54, 1.807) is 45.0 Å². The van der Waals surface area contributed by atoms with Gasteiger partial charge in [0.2, 0.25) is 11.8 Å². The molecule has 0 saturated heterocycles. The van der Waals surface area contributed by atoms with Gasteiger partial charge in [0.1, 0.15) is 30.8 Å². The number of unbranched alkanes of at least 4 members (excludes halogenated alkanes) is 2. The minimum atomic E-state index is -1.16. The summed E-state index contributed by atoms with van der Waals surface area (Å²) in [5.41, 5.74) is 1.27. The Kier molecular flexibility index (Phi) is 14.8. The molecular formula is C33H46N4O8. The lowest BCUT2D eigenvalue weighted by molar-refractivity contribution is -0.136. The molecule has 0 aliphatic rings. The predicted octanol–water partition coefficient (Wildman–Crippen LogP) is 3.52. The second kappa shape index (κ2) is 18.3. The number of rotatable bonds is 18. The van der Waals surface area contributed by atoms with Gasteiger partial charge in [0.25, 0.3) is 0 Å². The Balaban J connectivity index is 2.22. The van der Waals surface area contributed by atoms with Crippen LogP contribution >= 0.6 is 0 Å². The molecule has 5 N–H and O–H groups in total. The molecule has 3 amide bonds. The third-order valence-corrected chi connectivity index (χ3v) is 6.68. The van der Waals surface area contributed by atoms with Crippen LogP contribution in [0.3, 0.4) is 0 Å². The van der Waals surface area contributed by atoms with Crippen LogP contribution in [0.4, 0.5) is 10.5 Å². The van der Waals surface area contributed by atoms with Gasteiger partial charge in [-0.3, -0.25) is 19.2 Å². The molecule has 2 rings (SSSR count). The summed E-state index contributed by atoms with van der Waals surface area (Å²) in [5.74, 6) is -3.20. The molecule has 0 aliphatic carbocycles. The van der Waals surface area contributed by atoms with Crippen molar-refractivity contribution >= 4 is 35.5 Å². The predicted molar refractivity (Wildman–Crippen MR) is 170 cm³/mol. The first kappa shape index (κ1) is 36.6. The largest absolute Gasteiger partial charge is 0.480 e. The van der Waals surface area contributed by atoms with Crippen molar-refractivity contribution < 1.29 is 38.9 Å². The third kappa shape index (κ3) is 14.6. The van der Waals surface area contributed by atoms with Crippen LogP contribution in [-0.4, -0.2) is 77.4 Å². The van der Waals surface area contributed by atoms with E-state index in [1.165, 1.54) is 4.90 Å². The number of hydrogen-bond donors (Lipinski definition) is 5. The molecule has 45 heavy (non-hydrogen) atoms. The number of aryl methyl sites for hydroxylation is 1. The third-order valence-electron chi connectivity index (χ3n) is 6.68. The number of carboxylic acid groups (broad SMARTS) is 2. The van der Waals surface area contributed by atoms with Gasteiger partial charge in [-0.2, -0.15) is 0 Å². The number of carboxylic acids is 2. The summed E-state index contributed by atoms with van der Waals surface area (Å²) >= 11 is 0.